The number of likely N-dealkylation sites (tertiary alicyclic amines) is 1. The zero-order valence-corrected chi connectivity index (χ0v) is 19.0. The Morgan fingerprint density at radius 3 is 2.41 bits per heavy atom. The summed E-state index contributed by atoms with van der Waals surface area (Å²) in [5.74, 6) is 0.799. The second-order valence-electron chi connectivity index (χ2n) is 8.46. The molecule has 0 N–H and O–H groups in total. The minimum Gasteiger partial charge on any atom is -0.465 e. The van der Waals surface area contributed by atoms with Gasteiger partial charge in [0.05, 0.1) is 23.7 Å². The molecular formula is C26H31N3O3. The van der Waals surface area contributed by atoms with Crippen molar-refractivity contribution in [2.75, 3.05) is 20.2 Å². The molecule has 0 radical (unpaired) electrons. The topological polar surface area (TPSA) is 64.4 Å². The van der Waals surface area contributed by atoms with Crippen molar-refractivity contribution in [2.24, 2.45) is 0 Å². The van der Waals surface area contributed by atoms with E-state index < -0.39 is 0 Å². The molecule has 0 spiro atoms. The summed E-state index contributed by atoms with van der Waals surface area (Å²) < 4.78 is 7.01. The van der Waals surface area contributed by atoms with E-state index in [0.717, 1.165) is 73.2 Å². The minimum atomic E-state index is -0.339. The first-order valence-electron chi connectivity index (χ1n) is 11.6. The van der Waals surface area contributed by atoms with E-state index in [4.69, 9.17) is 9.72 Å². The molecule has 2 aromatic carbocycles. The van der Waals surface area contributed by atoms with Crippen LogP contribution in [0.1, 0.15) is 71.1 Å². The zero-order chi connectivity index (χ0) is 22.5. The number of aromatic nitrogens is 2. The van der Waals surface area contributed by atoms with Crippen molar-refractivity contribution >= 4 is 22.9 Å². The van der Waals surface area contributed by atoms with Crippen LogP contribution in [0.4, 0.5) is 0 Å². The van der Waals surface area contributed by atoms with E-state index in [1.807, 2.05) is 35.2 Å². The number of hydrogen-bond acceptors (Lipinski definition) is 4. The number of nitrogens with zero attached hydrogens (tertiary/aromatic N) is 3. The van der Waals surface area contributed by atoms with E-state index in [1.54, 1.807) is 12.1 Å². The normalized spacial score (nSPS) is 14.0. The highest BCUT2D eigenvalue weighted by atomic mass is 16.5. The summed E-state index contributed by atoms with van der Waals surface area (Å²) in [6, 6.07) is 13.4. The number of esters is 1. The second kappa shape index (κ2) is 9.98. The molecule has 0 unspecified atom stereocenters. The number of methoxy groups -OCH3 is 1. The van der Waals surface area contributed by atoms with Gasteiger partial charge >= 0.3 is 5.97 Å². The summed E-state index contributed by atoms with van der Waals surface area (Å²) in [5, 5.41) is 0. The Balaban J connectivity index is 1.67. The van der Waals surface area contributed by atoms with Crippen LogP contribution >= 0.6 is 0 Å². The molecule has 0 bridgehead atoms. The molecule has 1 saturated heterocycles. The van der Waals surface area contributed by atoms with Crippen LogP contribution in [0.3, 0.4) is 0 Å². The predicted octanol–water partition coefficient (Wildman–Crippen LogP) is 4.84. The number of benzene rings is 2. The number of rotatable bonds is 7. The number of carbonyl (C=O) groups excluding carboxylic acids is 2. The van der Waals surface area contributed by atoms with E-state index in [-0.39, 0.29) is 11.9 Å². The molecule has 1 aliphatic heterocycles. The molecule has 168 valence electrons. The largest absolute Gasteiger partial charge is 0.465 e. The molecule has 6 heteroatoms. The highest BCUT2D eigenvalue weighted by Crippen LogP contribution is 2.23. The van der Waals surface area contributed by atoms with Gasteiger partial charge in [0, 0.05) is 31.6 Å². The van der Waals surface area contributed by atoms with Crippen LogP contribution in [0.15, 0.2) is 42.5 Å². The average molecular weight is 434 g/mol. The Morgan fingerprint density at radius 2 is 1.72 bits per heavy atom. The van der Waals surface area contributed by atoms with Crippen LogP contribution in [-0.2, 0) is 17.7 Å². The SMILES string of the molecule is CCCCc1nc2ccc(C(=O)N3CCCCC3)cc2n1Cc1ccc(C(=O)OC)cc1. The van der Waals surface area contributed by atoms with E-state index >= 15 is 0 Å². The first-order valence-corrected chi connectivity index (χ1v) is 11.6. The summed E-state index contributed by atoms with van der Waals surface area (Å²) in [7, 11) is 1.39. The maximum absolute atomic E-state index is 13.1. The van der Waals surface area contributed by atoms with Gasteiger partial charge in [-0.05, 0) is 61.6 Å². The Kier molecular flexibility index (Phi) is 6.88. The lowest BCUT2D eigenvalue weighted by Crippen LogP contribution is -2.35. The number of unbranched alkanes of at least 4 members (excludes halogenated alkanes) is 1. The molecular weight excluding hydrogens is 402 g/mol. The first-order chi connectivity index (χ1) is 15.6. The highest BCUT2D eigenvalue weighted by molar-refractivity contribution is 5.97. The molecule has 6 nitrogen and oxygen atoms in total. The van der Waals surface area contributed by atoms with Crippen molar-refractivity contribution in [3.05, 3.63) is 65.0 Å². The smallest absolute Gasteiger partial charge is 0.337 e. The van der Waals surface area contributed by atoms with Gasteiger partial charge < -0.3 is 14.2 Å². The molecule has 1 aliphatic rings. The third kappa shape index (κ3) is 4.69. The number of amides is 1. The number of carbonyl (C=O) groups is 2. The average Bonchev–Trinajstić information content (AvgIpc) is 3.19. The minimum absolute atomic E-state index is 0.108. The van der Waals surface area contributed by atoms with Crippen molar-refractivity contribution < 1.29 is 14.3 Å². The van der Waals surface area contributed by atoms with Gasteiger partial charge in [0.2, 0.25) is 0 Å². The molecule has 0 atom stereocenters. The van der Waals surface area contributed by atoms with E-state index in [1.165, 1.54) is 13.5 Å². The molecule has 1 amide bonds. The number of hydrogen-bond donors (Lipinski definition) is 0. The summed E-state index contributed by atoms with van der Waals surface area (Å²) in [5.41, 5.74) is 4.23. The van der Waals surface area contributed by atoms with Crippen LogP contribution in [-0.4, -0.2) is 46.5 Å². The number of fused-ring (bicyclic) bond motifs is 1. The molecule has 2 heterocycles. The Hall–Kier alpha value is -3.15. The number of ether oxygens (including phenoxy) is 1. The lowest BCUT2D eigenvalue weighted by Gasteiger charge is -2.26. The summed E-state index contributed by atoms with van der Waals surface area (Å²) in [6.07, 6.45) is 6.40. The van der Waals surface area contributed by atoms with Gasteiger partial charge in [-0.15, -0.1) is 0 Å². The summed E-state index contributed by atoms with van der Waals surface area (Å²) in [4.78, 5) is 31.7. The molecule has 0 aliphatic carbocycles. The van der Waals surface area contributed by atoms with Gasteiger partial charge in [-0.2, -0.15) is 0 Å². The van der Waals surface area contributed by atoms with Crippen LogP contribution in [0.25, 0.3) is 11.0 Å². The lowest BCUT2D eigenvalue weighted by atomic mass is 10.1. The first kappa shape index (κ1) is 22.1. The zero-order valence-electron chi connectivity index (χ0n) is 19.0. The molecule has 32 heavy (non-hydrogen) atoms. The van der Waals surface area contributed by atoms with E-state index in [0.29, 0.717) is 12.1 Å². The predicted molar refractivity (Wildman–Crippen MR) is 125 cm³/mol. The molecule has 4 rings (SSSR count). The van der Waals surface area contributed by atoms with Gasteiger partial charge in [0.1, 0.15) is 5.82 Å². The maximum atomic E-state index is 13.1. The molecule has 1 aromatic heterocycles. The highest BCUT2D eigenvalue weighted by Gasteiger charge is 2.20. The van der Waals surface area contributed by atoms with Gasteiger partial charge in [0.25, 0.3) is 5.91 Å². The quantitative estimate of drug-likeness (QED) is 0.500. The van der Waals surface area contributed by atoms with Gasteiger partial charge in [0.15, 0.2) is 0 Å². The molecule has 3 aromatic rings. The van der Waals surface area contributed by atoms with Crippen molar-refractivity contribution in [1.82, 2.24) is 14.5 Å². The van der Waals surface area contributed by atoms with Crippen molar-refractivity contribution in [3.63, 3.8) is 0 Å². The Morgan fingerprint density at radius 1 is 1.00 bits per heavy atom. The van der Waals surface area contributed by atoms with Gasteiger partial charge in [-0.25, -0.2) is 9.78 Å². The Bertz CT molecular complexity index is 1100. The fourth-order valence-corrected chi connectivity index (χ4v) is 4.33. The van der Waals surface area contributed by atoms with Crippen molar-refractivity contribution in [1.29, 1.82) is 0 Å². The molecule has 0 saturated carbocycles. The van der Waals surface area contributed by atoms with Crippen LogP contribution in [0.5, 0.6) is 0 Å². The third-order valence-electron chi connectivity index (χ3n) is 6.19. The van der Waals surface area contributed by atoms with Crippen LogP contribution < -0.4 is 0 Å². The maximum Gasteiger partial charge on any atom is 0.337 e. The second-order valence-corrected chi connectivity index (χ2v) is 8.46. The van der Waals surface area contributed by atoms with E-state index in [2.05, 4.69) is 11.5 Å². The monoisotopic (exact) mass is 433 g/mol. The van der Waals surface area contributed by atoms with Gasteiger partial charge in [-0.1, -0.05) is 25.5 Å². The molecule has 1 fully saturated rings. The number of aryl methyl sites for hydroxylation is 1. The summed E-state index contributed by atoms with van der Waals surface area (Å²) >= 11 is 0. The number of imidazole rings is 1. The fourth-order valence-electron chi connectivity index (χ4n) is 4.33. The van der Waals surface area contributed by atoms with E-state index in [9.17, 15) is 9.59 Å². The van der Waals surface area contributed by atoms with Crippen LogP contribution in [0, 0.1) is 0 Å². The Labute approximate surface area is 189 Å². The van der Waals surface area contributed by atoms with Crippen molar-refractivity contribution in [3.8, 4) is 0 Å². The number of piperidine rings is 1. The third-order valence-corrected chi connectivity index (χ3v) is 6.19. The lowest BCUT2D eigenvalue weighted by molar-refractivity contribution is 0.0600. The standard InChI is InChI=1S/C26H31N3O3/c1-3-4-8-24-27-22-14-13-21(25(30)28-15-6-5-7-16-28)17-23(22)29(24)18-19-9-11-20(12-10-19)26(31)32-2/h9-14,17H,3-8,15-16,18H2,1-2H3. The van der Waals surface area contributed by atoms with Gasteiger partial charge in [-0.3, -0.25) is 4.79 Å². The van der Waals surface area contributed by atoms with Crippen molar-refractivity contribution in [2.45, 2.75) is 52.0 Å². The van der Waals surface area contributed by atoms with Crippen LogP contribution in [0.2, 0.25) is 0 Å². The fraction of sp³-hybridized carbons (Fsp3) is 0.423. The summed E-state index contributed by atoms with van der Waals surface area (Å²) in [6.45, 7) is 4.49.